The van der Waals surface area contributed by atoms with E-state index in [1.54, 1.807) is 18.2 Å². The summed E-state index contributed by atoms with van der Waals surface area (Å²) in [5.41, 5.74) is 2.13. The van der Waals surface area contributed by atoms with Crippen molar-refractivity contribution in [3.8, 4) is 11.5 Å². The van der Waals surface area contributed by atoms with Crippen LogP contribution in [0.15, 0.2) is 42.5 Å². The molecule has 128 valence electrons. The van der Waals surface area contributed by atoms with E-state index < -0.39 is 0 Å². The van der Waals surface area contributed by atoms with Crippen molar-refractivity contribution in [1.29, 1.82) is 0 Å². The topological polar surface area (TPSA) is 35.5 Å². The Morgan fingerprint density at radius 2 is 1.83 bits per heavy atom. The van der Waals surface area contributed by atoms with Gasteiger partial charge in [-0.1, -0.05) is 37.6 Å². The average Bonchev–Trinajstić information content (AvgIpc) is 2.55. The highest BCUT2D eigenvalue weighted by atomic mass is 35.5. The molecule has 2 aromatic rings. The van der Waals surface area contributed by atoms with E-state index in [4.69, 9.17) is 21.1 Å². The summed E-state index contributed by atoms with van der Waals surface area (Å²) in [4.78, 5) is 11.9. The third kappa shape index (κ3) is 5.57. The molecule has 0 aliphatic carbocycles. The number of carbonyl (C=O) groups is 1. The Kier molecular flexibility index (Phi) is 6.68. The number of aryl methyl sites for hydroxylation is 1. The first kappa shape index (κ1) is 18.3. The van der Waals surface area contributed by atoms with Crippen LogP contribution in [0.1, 0.15) is 43.7 Å². The average molecular weight is 347 g/mol. The molecular weight excluding hydrogens is 324 g/mol. The molecule has 0 aliphatic rings. The van der Waals surface area contributed by atoms with E-state index in [9.17, 15) is 4.79 Å². The van der Waals surface area contributed by atoms with E-state index in [0.717, 1.165) is 11.3 Å². The van der Waals surface area contributed by atoms with Crippen LogP contribution in [0, 0.1) is 6.92 Å². The number of hydrogen-bond donors (Lipinski definition) is 0. The van der Waals surface area contributed by atoms with Gasteiger partial charge >= 0.3 is 5.97 Å². The number of benzene rings is 2. The van der Waals surface area contributed by atoms with Crippen molar-refractivity contribution >= 4 is 17.6 Å². The van der Waals surface area contributed by atoms with E-state index in [-0.39, 0.29) is 5.97 Å². The van der Waals surface area contributed by atoms with Crippen LogP contribution in [-0.2, 0) is 4.79 Å². The minimum Gasteiger partial charge on any atom is -0.494 e. The van der Waals surface area contributed by atoms with Crippen LogP contribution in [0.2, 0.25) is 5.02 Å². The molecule has 24 heavy (non-hydrogen) atoms. The first-order chi connectivity index (χ1) is 11.5. The maximum absolute atomic E-state index is 11.9. The second-order valence-electron chi connectivity index (χ2n) is 6.06. The molecule has 0 N–H and O–H groups in total. The molecule has 2 rings (SSSR count). The van der Waals surface area contributed by atoms with Gasteiger partial charge in [0.1, 0.15) is 11.5 Å². The zero-order valence-electron chi connectivity index (χ0n) is 14.3. The van der Waals surface area contributed by atoms with Crippen LogP contribution in [0.3, 0.4) is 0 Å². The summed E-state index contributed by atoms with van der Waals surface area (Å²) in [5, 5.41) is 0.629. The summed E-state index contributed by atoms with van der Waals surface area (Å²) in [6.45, 7) is 6.65. The summed E-state index contributed by atoms with van der Waals surface area (Å²) < 4.78 is 11.0. The van der Waals surface area contributed by atoms with E-state index in [2.05, 4.69) is 26.0 Å². The fraction of sp³-hybridized carbons (Fsp3) is 0.350. The smallest absolute Gasteiger partial charge is 0.311 e. The lowest BCUT2D eigenvalue weighted by atomic mass is 10.0. The van der Waals surface area contributed by atoms with Crippen LogP contribution in [0.4, 0.5) is 0 Å². The number of hydrogen-bond acceptors (Lipinski definition) is 3. The van der Waals surface area contributed by atoms with Crippen LogP contribution in [0.5, 0.6) is 11.5 Å². The number of carbonyl (C=O) groups excluding carboxylic acids is 1. The monoisotopic (exact) mass is 346 g/mol. The lowest BCUT2D eigenvalue weighted by Crippen LogP contribution is -2.10. The highest BCUT2D eigenvalue weighted by molar-refractivity contribution is 6.30. The summed E-state index contributed by atoms with van der Waals surface area (Å²) >= 11 is 5.88. The molecule has 4 heteroatoms. The molecular formula is C20H23ClO3. The summed E-state index contributed by atoms with van der Waals surface area (Å²) in [6, 6.07) is 13.3. The third-order valence-corrected chi connectivity index (χ3v) is 3.94. The molecule has 2 aromatic carbocycles. The van der Waals surface area contributed by atoms with Crippen LogP contribution in [-0.4, -0.2) is 12.6 Å². The zero-order chi connectivity index (χ0) is 17.5. The van der Waals surface area contributed by atoms with Gasteiger partial charge in [0.15, 0.2) is 0 Å². The van der Waals surface area contributed by atoms with Gasteiger partial charge in [-0.05, 0) is 60.7 Å². The van der Waals surface area contributed by atoms with E-state index in [0.29, 0.717) is 36.1 Å². The Bertz CT molecular complexity index is 678. The Hall–Kier alpha value is -2.00. The van der Waals surface area contributed by atoms with Crippen molar-refractivity contribution in [3.05, 3.63) is 58.6 Å². The van der Waals surface area contributed by atoms with Gasteiger partial charge in [0.2, 0.25) is 0 Å². The van der Waals surface area contributed by atoms with Crippen LogP contribution >= 0.6 is 11.6 Å². The second-order valence-corrected chi connectivity index (χ2v) is 6.50. The molecule has 0 spiro atoms. The molecule has 0 atom stereocenters. The minimum atomic E-state index is -0.265. The largest absolute Gasteiger partial charge is 0.494 e. The van der Waals surface area contributed by atoms with Crippen LogP contribution < -0.4 is 9.47 Å². The molecule has 0 heterocycles. The first-order valence-electron chi connectivity index (χ1n) is 8.15. The SMILES string of the molecule is Cc1cc(Cl)ccc1OC(=O)CCCOc1ccc(C(C)C)cc1. The van der Waals surface area contributed by atoms with Gasteiger partial charge < -0.3 is 9.47 Å². The molecule has 0 unspecified atom stereocenters. The fourth-order valence-electron chi connectivity index (χ4n) is 2.26. The number of rotatable bonds is 7. The molecule has 0 bridgehead atoms. The van der Waals surface area contributed by atoms with Gasteiger partial charge in [-0.25, -0.2) is 0 Å². The Balaban J connectivity index is 1.72. The Labute approximate surface area is 148 Å². The highest BCUT2D eigenvalue weighted by Crippen LogP contribution is 2.22. The summed E-state index contributed by atoms with van der Waals surface area (Å²) in [5.74, 6) is 1.61. The molecule has 0 aliphatic heterocycles. The molecule has 0 aromatic heterocycles. The summed E-state index contributed by atoms with van der Waals surface area (Å²) in [7, 11) is 0. The quantitative estimate of drug-likeness (QED) is 0.375. The zero-order valence-corrected chi connectivity index (χ0v) is 15.1. The molecule has 0 amide bonds. The van der Waals surface area contributed by atoms with Gasteiger partial charge in [0, 0.05) is 11.4 Å². The Morgan fingerprint density at radius 3 is 2.46 bits per heavy atom. The van der Waals surface area contributed by atoms with Gasteiger partial charge in [0.25, 0.3) is 0 Å². The van der Waals surface area contributed by atoms with Gasteiger partial charge in [-0.3, -0.25) is 4.79 Å². The maximum Gasteiger partial charge on any atom is 0.311 e. The fourth-order valence-corrected chi connectivity index (χ4v) is 2.48. The molecule has 3 nitrogen and oxygen atoms in total. The maximum atomic E-state index is 11.9. The number of esters is 1. The predicted molar refractivity (Wildman–Crippen MR) is 97.1 cm³/mol. The van der Waals surface area contributed by atoms with Crippen molar-refractivity contribution in [2.24, 2.45) is 0 Å². The molecule has 0 saturated carbocycles. The van der Waals surface area contributed by atoms with Gasteiger partial charge in [-0.2, -0.15) is 0 Å². The Morgan fingerprint density at radius 1 is 1.12 bits per heavy atom. The van der Waals surface area contributed by atoms with Crippen LogP contribution in [0.25, 0.3) is 0 Å². The lowest BCUT2D eigenvalue weighted by Gasteiger charge is -2.09. The molecule has 0 radical (unpaired) electrons. The number of ether oxygens (including phenoxy) is 2. The van der Waals surface area contributed by atoms with Crippen molar-refractivity contribution in [3.63, 3.8) is 0 Å². The minimum absolute atomic E-state index is 0.265. The first-order valence-corrected chi connectivity index (χ1v) is 8.53. The second kappa shape index (κ2) is 8.74. The summed E-state index contributed by atoms with van der Waals surface area (Å²) in [6.07, 6.45) is 0.920. The van der Waals surface area contributed by atoms with Gasteiger partial charge in [0.05, 0.1) is 6.61 Å². The lowest BCUT2D eigenvalue weighted by molar-refractivity contribution is -0.134. The predicted octanol–water partition coefficient (Wildman–Crippen LogP) is 5.54. The van der Waals surface area contributed by atoms with Crippen molar-refractivity contribution < 1.29 is 14.3 Å². The standard InChI is InChI=1S/C20H23ClO3/c1-14(2)16-6-9-18(10-7-16)23-12-4-5-20(22)24-19-11-8-17(21)13-15(19)3/h6-11,13-14H,4-5,12H2,1-3H3. The van der Waals surface area contributed by atoms with E-state index in [1.807, 2.05) is 19.1 Å². The van der Waals surface area contributed by atoms with Crippen molar-refractivity contribution in [2.75, 3.05) is 6.61 Å². The van der Waals surface area contributed by atoms with Crippen molar-refractivity contribution in [2.45, 2.75) is 39.5 Å². The van der Waals surface area contributed by atoms with E-state index in [1.165, 1.54) is 5.56 Å². The van der Waals surface area contributed by atoms with Crippen molar-refractivity contribution in [1.82, 2.24) is 0 Å². The highest BCUT2D eigenvalue weighted by Gasteiger charge is 2.08. The number of halogens is 1. The normalized spacial score (nSPS) is 10.7. The third-order valence-electron chi connectivity index (χ3n) is 3.70. The van der Waals surface area contributed by atoms with E-state index >= 15 is 0 Å². The van der Waals surface area contributed by atoms with Gasteiger partial charge in [-0.15, -0.1) is 0 Å². The molecule has 0 fully saturated rings. The molecule has 0 saturated heterocycles.